The van der Waals surface area contributed by atoms with E-state index in [2.05, 4.69) is 0 Å². The van der Waals surface area contributed by atoms with Crippen LogP contribution in [0.4, 0.5) is 0 Å². The number of nitrogens with zero attached hydrogens (tertiary/aromatic N) is 2. The van der Waals surface area contributed by atoms with Crippen molar-refractivity contribution in [2.75, 3.05) is 26.3 Å². The Kier molecular flexibility index (Phi) is 11.1. The first kappa shape index (κ1) is 30.3. The summed E-state index contributed by atoms with van der Waals surface area (Å²) in [5.41, 5.74) is 0.290. The highest BCUT2D eigenvalue weighted by Crippen LogP contribution is 2.26. The highest BCUT2D eigenvalue weighted by molar-refractivity contribution is 5.86. The molecule has 1 aromatic rings. The maximum absolute atomic E-state index is 13.6. The lowest BCUT2D eigenvalue weighted by Crippen LogP contribution is -2.44. The smallest absolute Gasteiger partial charge is 0.309 e. The molecule has 0 aromatic heterocycles. The normalized spacial score (nSPS) is 23.2. The number of ether oxygens (including phenoxy) is 2. The second-order valence-corrected chi connectivity index (χ2v) is 11.3. The zero-order chi connectivity index (χ0) is 28.4. The Labute approximate surface area is 231 Å². The van der Waals surface area contributed by atoms with Crippen LogP contribution in [0.5, 0.6) is 0 Å². The van der Waals surface area contributed by atoms with Gasteiger partial charge in [-0.25, -0.2) is 0 Å². The van der Waals surface area contributed by atoms with Crippen molar-refractivity contribution in [2.45, 2.75) is 77.5 Å². The minimum absolute atomic E-state index is 0.0142. The van der Waals surface area contributed by atoms with E-state index in [0.29, 0.717) is 25.9 Å². The third kappa shape index (κ3) is 9.49. The first-order valence-electron chi connectivity index (χ1n) is 13.8. The van der Waals surface area contributed by atoms with Crippen molar-refractivity contribution in [3.8, 4) is 0 Å². The predicted molar refractivity (Wildman–Crippen MR) is 145 cm³/mol. The van der Waals surface area contributed by atoms with Gasteiger partial charge in [0.25, 0.3) is 0 Å². The van der Waals surface area contributed by atoms with E-state index in [0.717, 1.165) is 12.0 Å². The minimum Gasteiger partial charge on any atom is -0.463 e. The van der Waals surface area contributed by atoms with Crippen molar-refractivity contribution in [3.63, 3.8) is 0 Å². The molecule has 214 valence electrons. The van der Waals surface area contributed by atoms with Crippen molar-refractivity contribution < 1.29 is 33.8 Å². The van der Waals surface area contributed by atoms with Crippen molar-refractivity contribution in [3.05, 3.63) is 48.0 Å². The molecule has 3 atom stereocenters. The van der Waals surface area contributed by atoms with Gasteiger partial charge in [0.15, 0.2) is 0 Å². The van der Waals surface area contributed by atoms with Crippen LogP contribution < -0.4 is 0 Å². The molecule has 0 aliphatic carbocycles. The van der Waals surface area contributed by atoms with E-state index >= 15 is 0 Å². The molecule has 0 saturated carbocycles. The van der Waals surface area contributed by atoms with Gasteiger partial charge in [-0.15, -0.1) is 0 Å². The fourth-order valence-corrected chi connectivity index (χ4v) is 5.03. The summed E-state index contributed by atoms with van der Waals surface area (Å²) in [5, 5.41) is 9.57. The number of esters is 2. The van der Waals surface area contributed by atoms with E-state index < -0.39 is 29.4 Å². The summed E-state index contributed by atoms with van der Waals surface area (Å²) >= 11 is 0. The van der Waals surface area contributed by atoms with Gasteiger partial charge < -0.3 is 24.4 Å². The maximum Gasteiger partial charge on any atom is 0.309 e. The molecule has 0 bridgehead atoms. The van der Waals surface area contributed by atoms with Crippen molar-refractivity contribution in [2.24, 2.45) is 11.8 Å². The fourth-order valence-electron chi connectivity index (χ4n) is 5.03. The summed E-state index contributed by atoms with van der Waals surface area (Å²) in [5.74, 6) is -2.53. The first-order valence-corrected chi connectivity index (χ1v) is 13.8. The Morgan fingerprint density at radius 3 is 2.44 bits per heavy atom. The molecule has 2 amide bonds. The molecule has 39 heavy (non-hydrogen) atoms. The van der Waals surface area contributed by atoms with Crippen LogP contribution in [0.25, 0.3) is 0 Å². The van der Waals surface area contributed by atoms with Crippen LogP contribution in [0.2, 0.25) is 0 Å². The van der Waals surface area contributed by atoms with E-state index in [9.17, 15) is 24.3 Å². The second kappa shape index (κ2) is 14.3. The molecular formula is C30H42N2O7. The van der Waals surface area contributed by atoms with Crippen LogP contribution in [-0.2, 0) is 35.2 Å². The second-order valence-electron chi connectivity index (χ2n) is 11.3. The van der Waals surface area contributed by atoms with Gasteiger partial charge in [0, 0.05) is 26.1 Å². The number of aliphatic hydroxyl groups excluding tert-OH is 1. The number of carbonyl (C=O) groups excluding carboxylic acids is 4. The minimum atomic E-state index is -0.688. The highest BCUT2D eigenvalue weighted by Gasteiger charge is 2.36. The van der Waals surface area contributed by atoms with E-state index in [1.54, 1.807) is 36.6 Å². The van der Waals surface area contributed by atoms with Gasteiger partial charge in [0.1, 0.15) is 12.2 Å². The molecule has 9 heteroatoms. The van der Waals surface area contributed by atoms with Gasteiger partial charge >= 0.3 is 11.9 Å². The van der Waals surface area contributed by atoms with Gasteiger partial charge in [-0.3, -0.25) is 19.2 Å². The third-order valence-electron chi connectivity index (χ3n) is 6.96. The third-order valence-corrected chi connectivity index (χ3v) is 6.96. The molecule has 2 heterocycles. The maximum atomic E-state index is 13.6. The number of aliphatic hydroxyl groups is 1. The average molecular weight is 543 g/mol. The number of cyclic esters (lactones) is 1. The van der Waals surface area contributed by atoms with E-state index in [4.69, 9.17) is 9.47 Å². The van der Waals surface area contributed by atoms with E-state index in [1.807, 2.05) is 36.4 Å². The van der Waals surface area contributed by atoms with Crippen LogP contribution in [0, 0.1) is 11.8 Å². The van der Waals surface area contributed by atoms with Gasteiger partial charge in [-0.05, 0) is 52.0 Å². The van der Waals surface area contributed by atoms with Gasteiger partial charge in [-0.1, -0.05) is 42.5 Å². The number of hydrogen-bond acceptors (Lipinski definition) is 7. The van der Waals surface area contributed by atoms with Crippen LogP contribution in [0.1, 0.15) is 64.9 Å². The molecule has 1 aromatic carbocycles. The summed E-state index contributed by atoms with van der Waals surface area (Å²) in [6, 6.07) is 9.28. The van der Waals surface area contributed by atoms with Crippen LogP contribution in [-0.4, -0.2) is 76.6 Å². The fraction of sp³-hybridized carbons (Fsp3) is 0.600. The summed E-state index contributed by atoms with van der Waals surface area (Å²) in [7, 11) is 0. The topological polar surface area (TPSA) is 113 Å². The van der Waals surface area contributed by atoms with Crippen LogP contribution in [0.3, 0.4) is 0 Å². The molecule has 3 rings (SSSR count). The Balaban J connectivity index is 1.76. The highest BCUT2D eigenvalue weighted by atomic mass is 16.6. The first-order chi connectivity index (χ1) is 18.6. The zero-order valence-corrected chi connectivity index (χ0v) is 23.3. The van der Waals surface area contributed by atoms with Crippen molar-refractivity contribution >= 4 is 23.8 Å². The average Bonchev–Trinajstić information content (AvgIpc) is 3.35. The molecule has 9 nitrogen and oxygen atoms in total. The monoisotopic (exact) mass is 542 g/mol. The molecule has 0 unspecified atom stereocenters. The number of benzene rings is 1. The molecule has 0 spiro atoms. The number of amides is 2. The lowest BCUT2D eigenvalue weighted by Gasteiger charge is -2.30. The lowest BCUT2D eigenvalue weighted by molar-refractivity contribution is -0.162. The van der Waals surface area contributed by atoms with Crippen molar-refractivity contribution in [1.82, 2.24) is 9.80 Å². The molecule has 1 N–H and O–H groups in total. The largest absolute Gasteiger partial charge is 0.463 e. The van der Waals surface area contributed by atoms with Crippen LogP contribution >= 0.6 is 0 Å². The molecule has 2 aliphatic heterocycles. The Bertz CT molecular complexity index is 1020. The quantitative estimate of drug-likeness (QED) is 0.396. The summed E-state index contributed by atoms with van der Waals surface area (Å²) < 4.78 is 11.0. The van der Waals surface area contributed by atoms with E-state index in [-0.39, 0.29) is 56.9 Å². The molecule has 1 saturated heterocycles. The zero-order valence-electron chi connectivity index (χ0n) is 23.3. The molecular weight excluding hydrogens is 500 g/mol. The Morgan fingerprint density at radius 2 is 1.77 bits per heavy atom. The van der Waals surface area contributed by atoms with Crippen molar-refractivity contribution in [1.29, 1.82) is 0 Å². The number of hydrogen-bond donors (Lipinski definition) is 1. The number of carbonyl (C=O) groups is 4. The summed E-state index contributed by atoms with van der Waals surface area (Å²) in [4.78, 5) is 55.6. The number of allylic oxidation sites excluding steroid dienone is 2. The molecule has 2 aliphatic rings. The van der Waals surface area contributed by atoms with Gasteiger partial charge in [-0.2, -0.15) is 0 Å². The van der Waals surface area contributed by atoms with Gasteiger partial charge in [0.2, 0.25) is 11.8 Å². The number of rotatable bonds is 8. The molecule has 1 fully saturated rings. The van der Waals surface area contributed by atoms with E-state index in [1.165, 1.54) is 0 Å². The Morgan fingerprint density at radius 1 is 1.08 bits per heavy atom. The van der Waals surface area contributed by atoms with Gasteiger partial charge in [0.05, 0.1) is 30.9 Å². The molecule has 0 radical (unpaired) electrons. The number of fused-ring (bicyclic) bond motifs is 1. The standard InChI is InChI=1S/C30H42N2O7/c1-30(2,3)39-27(35)19-24-13-8-7-12-23(28(36)32-15-9-14-25(32)21-38-29(24)37)18-26(34)31(16-17-33)20-22-10-5-4-6-11-22/h4-8,10-11,23-25,33H,9,12-21H2,1-3H3/b8-7+/t23-,24+,25+/m0/s1. The Hall–Kier alpha value is -3.20. The predicted octanol–water partition coefficient (Wildman–Crippen LogP) is 3.25. The lowest BCUT2D eigenvalue weighted by atomic mass is 9.95. The SMILES string of the molecule is CC(C)(C)OC(=O)C[C@H]1C/C=C/C[C@@H](CC(=O)N(CCO)Cc2ccccc2)C(=O)N2CCC[C@@H]2COC1=O. The summed E-state index contributed by atoms with van der Waals surface area (Å²) in [6.45, 7) is 6.29. The summed E-state index contributed by atoms with van der Waals surface area (Å²) in [6.07, 6.45) is 5.61. The van der Waals surface area contributed by atoms with Crippen LogP contribution in [0.15, 0.2) is 42.5 Å².